The number of hydrogen-bond donors (Lipinski definition) is 0. The van der Waals surface area contributed by atoms with Crippen molar-refractivity contribution in [1.82, 2.24) is 0 Å². The van der Waals surface area contributed by atoms with E-state index in [1.54, 1.807) is 0 Å². The number of esters is 1. The molecule has 0 radical (unpaired) electrons. The van der Waals surface area contributed by atoms with Crippen LogP contribution < -0.4 is 0 Å². The number of aryl methyl sites for hydroxylation is 1. The molecule has 2 nitrogen and oxygen atoms in total. The zero-order chi connectivity index (χ0) is 18.9. The summed E-state index contributed by atoms with van der Waals surface area (Å²) in [4.78, 5) is 11.9. The molecular weight excluding hydrogens is 320 g/mol. The summed E-state index contributed by atoms with van der Waals surface area (Å²) < 4.78 is 5.35. The minimum atomic E-state index is -0.191. The third kappa shape index (κ3) is 12.1. The molecular formula is C24H40O2. The lowest BCUT2D eigenvalue weighted by atomic mass is 10.0. The highest BCUT2D eigenvalue weighted by Crippen LogP contribution is 2.13. The summed E-state index contributed by atoms with van der Waals surface area (Å²) in [5.41, 5.74) is 1.76. The largest absolute Gasteiger partial charge is 0.462 e. The topological polar surface area (TPSA) is 26.3 Å². The molecule has 0 N–H and O–H groups in total. The maximum Gasteiger partial charge on any atom is 0.338 e. The predicted octanol–water partition coefficient (Wildman–Crippen LogP) is 7.63. The van der Waals surface area contributed by atoms with Gasteiger partial charge in [-0.05, 0) is 25.5 Å². The van der Waals surface area contributed by atoms with Crippen molar-refractivity contribution < 1.29 is 9.53 Å². The monoisotopic (exact) mass is 360 g/mol. The Morgan fingerprint density at radius 2 is 1.27 bits per heavy atom. The van der Waals surface area contributed by atoms with Crippen LogP contribution in [-0.2, 0) is 4.74 Å². The minimum absolute atomic E-state index is 0.191. The van der Waals surface area contributed by atoms with Gasteiger partial charge < -0.3 is 4.74 Å². The normalized spacial score (nSPS) is 10.8. The van der Waals surface area contributed by atoms with Crippen molar-refractivity contribution in [2.75, 3.05) is 6.61 Å². The molecule has 0 aliphatic heterocycles. The Hall–Kier alpha value is -1.31. The maximum atomic E-state index is 11.9. The van der Waals surface area contributed by atoms with E-state index in [2.05, 4.69) is 6.92 Å². The second-order valence-electron chi connectivity index (χ2n) is 7.60. The molecule has 0 aliphatic carbocycles. The molecule has 0 spiro atoms. The number of ether oxygens (including phenoxy) is 1. The van der Waals surface area contributed by atoms with Crippen molar-refractivity contribution >= 4 is 5.97 Å². The molecule has 1 aromatic rings. The van der Waals surface area contributed by atoms with E-state index in [4.69, 9.17) is 4.74 Å². The van der Waals surface area contributed by atoms with Crippen LogP contribution >= 0.6 is 0 Å². The summed E-state index contributed by atoms with van der Waals surface area (Å²) >= 11 is 0. The van der Waals surface area contributed by atoms with E-state index in [1.165, 1.54) is 83.5 Å². The van der Waals surface area contributed by atoms with E-state index in [0.29, 0.717) is 12.2 Å². The lowest BCUT2D eigenvalue weighted by Crippen LogP contribution is -2.06. The molecule has 0 amide bonds. The molecule has 1 rings (SSSR count). The van der Waals surface area contributed by atoms with Gasteiger partial charge in [0.1, 0.15) is 0 Å². The van der Waals surface area contributed by atoms with E-state index in [9.17, 15) is 4.79 Å². The number of rotatable bonds is 16. The van der Waals surface area contributed by atoms with Crippen LogP contribution in [0.25, 0.3) is 0 Å². The highest BCUT2D eigenvalue weighted by Gasteiger charge is 2.06. The van der Waals surface area contributed by atoms with Crippen molar-refractivity contribution in [1.29, 1.82) is 0 Å². The number of hydrogen-bond acceptors (Lipinski definition) is 2. The molecule has 148 valence electrons. The van der Waals surface area contributed by atoms with Crippen molar-refractivity contribution in [3.63, 3.8) is 0 Å². The average molecular weight is 361 g/mol. The summed E-state index contributed by atoms with van der Waals surface area (Å²) in [5.74, 6) is -0.191. The van der Waals surface area contributed by atoms with Gasteiger partial charge >= 0.3 is 5.97 Å². The molecule has 0 bridgehead atoms. The molecule has 26 heavy (non-hydrogen) atoms. The fraction of sp³-hybridized carbons (Fsp3) is 0.708. The molecule has 0 fully saturated rings. The summed E-state index contributed by atoms with van der Waals surface area (Å²) in [6, 6.07) is 7.59. The first kappa shape index (κ1) is 22.7. The Morgan fingerprint density at radius 1 is 0.769 bits per heavy atom. The Bertz CT molecular complexity index is 467. The summed E-state index contributed by atoms with van der Waals surface area (Å²) in [6.07, 6.45) is 18.8. The summed E-state index contributed by atoms with van der Waals surface area (Å²) in [5, 5.41) is 0. The van der Waals surface area contributed by atoms with E-state index < -0.39 is 0 Å². The number of unbranched alkanes of at least 4 members (excludes halogenated alkanes) is 13. The van der Waals surface area contributed by atoms with E-state index in [-0.39, 0.29) is 5.97 Å². The van der Waals surface area contributed by atoms with Gasteiger partial charge in [-0.1, -0.05) is 108 Å². The van der Waals surface area contributed by atoms with E-state index in [1.807, 2.05) is 31.2 Å². The quantitative estimate of drug-likeness (QED) is 0.224. The molecule has 0 atom stereocenters. The first-order valence-electron chi connectivity index (χ1n) is 11.0. The molecule has 0 unspecified atom stereocenters. The van der Waals surface area contributed by atoms with Gasteiger partial charge in [-0.2, -0.15) is 0 Å². The average Bonchev–Trinajstić information content (AvgIpc) is 2.64. The lowest BCUT2D eigenvalue weighted by molar-refractivity contribution is 0.0497. The van der Waals surface area contributed by atoms with Crippen LogP contribution in [0.2, 0.25) is 0 Å². The van der Waals surface area contributed by atoms with Gasteiger partial charge in [0.15, 0.2) is 0 Å². The van der Waals surface area contributed by atoms with Gasteiger partial charge in [0.25, 0.3) is 0 Å². The highest BCUT2D eigenvalue weighted by molar-refractivity contribution is 5.89. The van der Waals surface area contributed by atoms with Crippen LogP contribution in [0, 0.1) is 6.92 Å². The van der Waals surface area contributed by atoms with Crippen LogP contribution in [0.3, 0.4) is 0 Å². The van der Waals surface area contributed by atoms with Gasteiger partial charge in [0, 0.05) is 0 Å². The zero-order valence-corrected chi connectivity index (χ0v) is 17.2. The molecule has 0 saturated carbocycles. The van der Waals surface area contributed by atoms with Crippen LogP contribution in [0.4, 0.5) is 0 Å². The van der Waals surface area contributed by atoms with Crippen LogP contribution in [0.15, 0.2) is 24.3 Å². The number of carbonyl (C=O) groups is 1. The Kier molecular flexibility index (Phi) is 13.9. The zero-order valence-electron chi connectivity index (χ0n) is 17.2. The fourth-order valence-electron chi connectivity index (χ4n) is 3.32. The Labute approximate surface area is 161 Å². The smallest absolute Gasteiger partial charge is 0.338 e. The maximum absolute atomic E-state index is 11.9. The van der Waals surface area contributed by atoms with Gasteiger partial charge in [0.2, 0.25) is 0 Å². The van der Waals surface area contributed by atoms with Crippen LogP contribution in [0.1, 0.15) is 113 Å². The molecule has 0 aromatic heterocycles. The summed E-state index contributed by atoms with van der Waals surface area (Å²) in [7, 11) is 0. The van der Waals surface area contributed by atoms with E-state index >= 15 is 0 Å². The standard InChI is InChI=1S/C24H40O2/c1-3-4-5-6-7-8-9-10-11-12-13-14-15-16-20-26-24(25)23-19-17-18-22(2)21-23/h17-19,21H,3-16,20H2,1-2H3. The van der Waals surface area contributed by atoms with Gasteiger partial charge in [-0.25, -0.2) is 4.79 Å². The van der Waals surface area contributed by atoms with E-state index in [0.717, 1.165) is 12.0 Å². The van der Waals surface area contributed by atoms with Crippen molar-refractivity contribution in [2.45, 2.75) is 104 Å². The molecule has 0 aliphatic rings. The molecule has 0 heterocycles. The second-order valence-corrected chi connectivity index (χ2v) is 7.60. The van der Waals surface area contributed by atoms with Gasteiger partial charge in [-0.15, -0.1) is 0 Å². The number of carbonyl (C=O) groups excluding carboxylic acids is 1. The second kappa shape index (κ2) is 15.9. The third-order valence-electron chi connectivity index (χ3n) is 4.98. The fourth-order valence-corrected chi connectivity index (χ4v) is 3.32. The van der Waals surface area contributed by atoms with Gasteiger partial charge in [0.05, 0.1) is 12.2 Å². The first-order valence-corrected chi connectivity index (χ1v) is 11.0. The van der Waals surface area contributed by atoms with Crippen LogP contribution in [-0.4, -0.2) is 12.6 Å². The first-order chi connectivity index (χ1) is 12.7. The SMILES string of the molecule is CCCCCCCCCCCCCCCCOC(=O)c1cccc(C)c1. The molecule has 1 aromatic carbocycles. The van der Waals surface area contributed by atoms with Crippen molar-refractivity contribution in [3.05, 3.63) is 35.4 Å². The van der Waals surface area contributed by atoms with Crippen molar-refractivity contribution in [3.8, 4) is 0 Å². The summed E-state index contributed by atoms with van der Waals surface area (Å²) in [6.45, 7) is 4.81. The molecule has 2 heteroatoms. The Morgan fingerprint density at radius 3 is 1.77 bits per heavy atom. The van der Waals surface area contributed by atoms with Crippen LogP contribution in [0.5, 0.6) is 0 Å². The van der Waals surface area contributed by atoms with Gasteiger partial charge in [-0.3, -0.25) is 0 Å². The van der Waals surface area contributed by atoms with Crippen molar-refractivity contribution in [2.24, 2.45) is 0 Å². The number of benzene rings is 1. The Balaban J connectivity index is 1.83. The predicted molar refractivity (Wildman–Crippen MR) is 112 cm³/mol. The minimum Gasteiger partial charge on any atom is -0.462 e. The molecule has 0 saturated heterocycles. The lowest BCUT2D eigenvalue weighted by Gasteiger charge is -2.06. The third-order valence-corrected chi connectivity index (χ3v) is 4.98. The highest BCUT2D eigenvalue weighted by atomic mass is 16.5.